The van der Waals surface area contributed by atoms with Gasteiger partial charge in [0.1, 0.15) is 5.78 Å². The number of hydrogen-bond acceptors (Lipinski definition) is 4. The van der Waals surface area contributed by atoms with E-state index >= 15 is 0 Å². The first-order chi connectivity index (χ1) is 9.06. The van der Waals surface area contributed by atoms with Gasteiger partial charge in [-0.05, 0) is 26.3 Å². The van der Waals surface area contributed by atoms with Gasteiger partial charge in [0, 0.05) is 19.4 Å². The summed E-state index contributed by atoms with van der Waals surface area (Å²) in [4.78, 5) is 33.3. The maximum atomic E-state index is 11.4. The van der Waals surface area contributed by atoms with Crippen LogP contribution in [0.25, 0.3) is 0 Å². The molecule has 0 saturated carbocycles. The van der Waals surface area contributed by atoms with E-state index in [0.29, 0.717) is 13.1 Å². The summed E-state index contributed by atoms with van der Waals surface area (Å²) in [6.45, 7) is 2.78. The Balaban J connectivity index is 3.43. The SMILES string of the molecule is CC(=O)CNC(=O)CCC(=O)NCCCCCCN. The minimum Gasteiger partial charge on any atom is -0.356 e. The molecule has 0 fully saturated rings. The van der Waals surface area contributed by atoms with E-state index in [0.717, 1.165) is 25.7 Å². The molecule has 110 valence electrons. The molecule has 0 aromatic heterocycles. The van der Waals surface area contributed by atoms with Crippen LogP contribution in [0.1, 0.15) is 45.4 Å². The molecule has 2 amide bonds. The van der Waals surface area contributed by atoms with Gasteiger partial charge < -0.3 is 16.4 Å². The number of Topliss-reactive ketones (excluding diaryl/α,β-unsaturated/α-hetero) is 1. The van der Waals surface area contributed by atoms with Gasteiger partial charge in [0.25, 0.3) is 0 Å². The Labute approximate surface area is 114 Å². The Bertz CT molecular complexity index is 293. The molecule has 0 aliphatic heterocycles. The van der Waals surface area contributed by atoms with E-state index in [1.54, 1.807) is 0 Å². The Morgan fingerprint density at radius 3 is 2.05 bits per heavy atom. The standard InChI is InChI=1S/C13H25N3O3/c1-11(17)10-16-13(19)7-6-12(18)15-9-5-3-2-4-8-14/h2-10,14H2,1H3,(H,15,18)(H,16,19). The smallest absolute Gasteiger partial charge is 0.220 e. The Kier molecular flexibility index (Phi) is 10.8. The third-order valence-electron chi connectivity index (χ3n) is 2.57. The first kappa shape index (κ1) is 17.6. The van der Waals surface area contributed by atoms with Gasteiger partial charge in [-0.15, -0.1) is 0 Å². The van der Waals surface area contributed by atoms with Crippen molar-refractivity contribution in [1.29, 1.82) is 0 Å². The zero-order chi connectivity index (χ0) is 14.5. The van der Waals surface area contributed by atoms with Gasteiger partial charge in [0.05, 0.1) is 6.54 Å². The fraction of sp³-hybridized carbons (Fsp3) is 0.769. The van der Waals surface area contributed by atoms with Crippen LogP contribution in [0.15, 0.2) is 0 Å². The monoisotopic (exact) mass is 271 g/mol. The highest BCUT2D eigenvalue weighted by Crippen LogP contribution is 1.97. The summed E-state index contributed by atoms with van der Waals surface area (Å²) in [6.07, 6.45) is 4.36. The molecule has 4 N–H and O–H groups in total. The molecule has 0 atom stereocenters. The molecule has 0 aromatic carbocycles. The van der Waals surface area contributed by atoms with Crippen LogP contribution in [0.4, 0.5) is 0 Å². The number of nitrogens with two attached hydrogens (primary N) is 1. The molecule has 6 nitrogen and oxygen atoms in total. The molecule has 0 spiro atoms. The van der Waals surface area contributed by atoms with Crippen LogP contribution in [-0.4, -0.2) is 37.2 Å². The summed E-state index contributed by atoms with van der Waals surface area (Å²) in [7, 11) is 0. The summed E-state index contributed by atoms with van der Waals surface area (Å²) in [5, 5.41) is 5.21. The average Bonchev–Trinajstić information content (AvgIpc) is 2.38. The average molecular weight is 271 g/mol. The van der Waals surface area contributed by atoms with Gasteiger partial charge in [-0.2, -0.15) is 0 Å². The van der Waals surface area contributed by atoms with Crippen LogP contribution in [0.2, 0.25) is 0 Å². The van der Waals surface area contributed by atoms with Crippen LogP contribution in [0, 0.1) is 0 Å². The van der Waals surface area contributed by atoms with Gasteiger partial charge in [-0.25, -0.2) is 0 Å². The normalized spacial score (nSPS) is 10.0. The molecule has 0 heterocycles. The fourth-order valence-electron chi connectivity index (χ4n) is 1.48. The zero-order valence-electron chi connectivity index (χ0n) is 11.7. The van der Waals surface area contributed by atoms with Gasteiger partial charge >= 0.3 is 0 Å². The highest BCUT2D eigenvalue weighted by molar-refractivity contribution is 5.87. The number of rotatable bonds is 11. The van der Waals surface area contributed by atoms with Gasteiger partial charge in [-0.1, -0.05) is 12.8 Å². The summed E-state index contributed by atoms with van der Waals surface area (Å²) >= 11 is 0. The van der Waals surface area contributed by atoms with E-state index in [9.17, 15) is 14.4 Å². The molecular weight excluding hydrogens is 246 g/mol. The number of nitrogens with one attached hydrogen (secondary N) is 2. The maximum absolute atomic E-state index is 11.4. The summed E-state index contributed by atoms with van der Waals surface area (Å²) in [5.74, 6) is -0.500. The minimum absolute atomic E-state index is 0.0294. The first-order valence-corrected chi connectivity index (χ1v) is 6.79. The molecule has 19 heavy (non-hydrogen) atoms. The van der Waals surface area contributed by atoms with Crippen molar-refractivity contribution in [3.05, 3.63) is 0 Å². The van der Waals surface area contributed by atoms with E-state index in [-0.39, 0.29) is 37.0 Å². The number of carbonyl (C=O) groups is 3. The van der Waals surface area contributed by atoms with Crippen LogP contribution in [-0.2, 0) is 14.4 Å². The molecule has 0 aromatic rings. The second-order valence-electron chi connectivity index (χ2n) is 4.53. The summed E-state index contributed by atoms with van der Waals surface area (Å²) < 4.78 is 0. The molecule has 0 bridgehead atoms. The lowest BCUT2D eigenvalue weighted by Crippen LogP contribution is -2.30. The summed E-state index contributed by atoms with van der Waals surface area (Å²) in [6, 6.07) is 0. The lowest BCUT2D eigenvalue weighted by atomic mass is 10.2. The van der Waals surface area contributed by atoms with Crippen molar-refractivity contribution in [2.75, 3.05) is 19.6 Å². The van der Waals surface area contributed by atoms with Crippen molar-refractivity contribution in [3.63, 3.8) is 0 Å². The van der Waals surface area contributed by atoms with Crippen molar-refractivity contribution in [2.24, 2.45) is 5.73 Å². The largest absolute Gasteiger partial charge is 0.356 e. The minimum atomic E-state index is -0.270. The topological polar surface area (TPSA) is 101 Å². The highest BCUT2D eigenvalue weighted by atomic mass is 16.2. The Morgan fingerprint density at radius 1 is 0.895 bits per heavy atom. The van der Waals surface area contributed by atoms with Crippen LogP contribution >= 0.6 is 0 Å². The van der Waals surface area contributed by atoms with Crippen molar-refractivity contribution < 1.29 is 14.4 Å². The second kappa shape index (κ2) is 11.6. The van der Waals surface area contributed by atoms with E-state index in [4.69, 9.17) is 5.73 Å². The number of amides is 2. The molecule has 0 aliphatic carbocycles. The van der Waals surface area contributed by atoms with Crippen molar-refractivity contribution in [3.8, 4) is 0 Å². The molecule has 0 radical (unpaired) electrons. The van der Waals surface area contributed by atoms with E-state index in [1.807, 2.05) is 0 Å². The van der Waals surface area contributed by atoms with Crippen molar-refractivity contribution in [2.45, 2.75) is 45.4 Å². The van der Waals surface area contributed by atoms with Crippen molar-refractivity contribution in [1.82, 2.24) is 10.6 Å². The Hall–Kier alpha value is -1.43. The van der Waals surface area contributed by atoms with Crippen LogP contribution < -0.4 is 16.4 Å². The molecule has 0 rings (SSSR count). The molecular formula is C13H25N3O3. The highest BCUT2D eigenvalue weighted by Gasteiger charge is 2.06. The fourth-order valence-corrected chi connectivity index (χ4v) is 1.48. The Morgan fingerprint density at radius 2 is 1.47 bits per heavy atom. The number of ketones is 1. The van der Waals surface area contributed by atoms with Crippen LogP contribution in [0.3, 0.4) is 0 Å². The zero-order valence-corrected chi connectivity index (χ0v) is 11.7. The number of hydrogen-bond donors (Lipinski definition) is 3. The number of unbranched alkanes of at least 4 members (excludes halogenated alkanes) is 3. The lowest BCUT2D eigenvalue weighted by Gasteiger charge is -2.05. The van der Waals surface area contributed by atoms with Crippen LogP contribution in [0.5, 0.6) is 0 Å². The predicted molar refractivity (Wildman–Crippen MR) is 73.5 cm³/mol. The third kappa shape index (κ3) is 12.8. The maximum Gasteiger partial charge on any atom is 0.220 e. The van der Waals surface area contributed by atoms with Gasteiger partial charge in [0.2, 0.25) is 11.8 Å². The summed E-state index contributed by atoms with van der Waals surface area (Å²) in [5.41, 5.74) is 5.37. The molecule has 6 heteroatoms. The third-order valence-corrected chi connectivity index (χ3v) is 2.57. The van der Waals surface area contributed by atoms with Gasteiger partial charge in [-0.3, -0.25) is 14.4 Å². The molecule has 0 aliphatic rings. The first-order valence-electron chi connectivity index (χ1n) is 6.79. The van der Waals surface area contributed by atoms with E-state index in [1.165, 1.54) is 6.92 Å². The quantitative estimate of drug-likeness (QED) is 0.464. The van der Waals surface area contributed by atoms with Crippen molar-refractivity contribution >= 4 is 17.6 Å². The second-order valence-corrected chi connectivity index (χ2v) is 4.53. The number of carbonyl (C=O) groups excluding carboxylic acids is 3. The van der Waals surface area contributed by atoms with E-state index in [2.05, 4.69) is 10.6 Å². The lowest BCUT2D eigenvalue weighted by molar-refractivity contribution is -0.127. The van der Waals surface area contributed by atoms with Gasteiger partial charge in [0.15, 0.2) is 0 Å². The molecule has 0 saturated heterocycles. The molecule has 0 unspecified atom stereocenters. The predicted octanol–water partition coefficient (Wildman–Crippen LogP) is 0.107. The van der Waals surface area contributed by atoms with E-state index < -0.39 is 0 Å².